The molecule has 0 aromatic rings. The summed E-state index contributed by atoms with van der Waals surface area (Å²) in [5.74, 6) is 0.213. The molecular formula is C12H20O6. The Morgan fingerprint density at radius 3 is 1.83 bits per heavy atom. The van der Waals surface area contributed by atoms with Crippen molar-refractivity contribution in [2.45, 2.75) is 25.0 Å². The van der Waals surface area contributed by atoms with Gasteiger partial charge < -0.3 is 24.4 Å². The van der Waals surface area contributed by atoms with Crippen LogP contribution in [0, 0.1) is 0 Å². The molecule has 0 bridgehead atoms. The number of hydrogen-bond acceptors (Lipinski definition) is 6. The molecule has 2 rings (SSSR count). The fourth-order valence-corrected chi connectivity index (χ4v) is 1.26. The van der Waals surface area contributed by atoms with Gasteiger partial charge in [0.05, 0.1) is 33.0 Å². The number of carbonyl (C=O) groups excluding carboxylic acids is 1. The molecule has 2 N–H and O–H groups in total. The van der Waals surface area contributed by atoms with E-state index in [1.807, 2.05) is 6.92 Å². The van der Waals surface area contributed by atoms with Crippen molar-refractivity contribution in [2.75, 3.05) is 33.0 Å². The van der Waals surface area contributed by atoms with Gasteiger partial charge in [-0.25, -0.2) is 0 Å². The standard InChI is InChI=1S/C7H12O3.C5H8O3/c1-3-10-6(2)7(8)4-9-5-7;1-4(6)5(7)2-8-3-5/h8H,2-5H2,1H3;7H,2-3H2,1H3. The van der Waals surface area contributed by atoms with Crippen molar-refractivity contribution in [3.8, 4) is 0 Å². The molecule has 0 amide bonds. The number of hydrogen-bond donors (Lipinski definition) is 2. The third kappa shape index (κ3) is 3.29. The van der Waals surface area contributed by atoms with E-state index in [1.54, 1.807) is 0 Å². The first-order valence-corrected chi connectivity index (χ1v) is 5.77. The first kappa shape index (κ1) is 15.1. The lowest BCUT2D eigenvalue weighted by Crippen LogP contribution is -2.54. The Bertz CT molecular complexity index is 317. The van der Waals surface area contributed by atoms with E-state index in [9.17, 15) is 9.90 Å². The quantitative estimate of drug-likeness (QED) is 0.671. The van der Waals surface area contributed by atoms with Crippen LogP contribution in [0.25, 0.3) is 0 Å². The first-order valence-electron chi connectivity index (χ1n) is 5.77. The van der Waals surface area contributed by atoms with Crippen LogP contribution >= 0.6 is 0 Å². The zero-order chi connectivity index (χ0) is 13.8. The van der Waals surface area contributed by atoms with Gasteiger partial charge in [0.15, 0.2) is 17.0 Å². The smallest absolute Gasteiger partial charge is 0.169 e. The van der Waals surface area contributed by atoms with Gasteiger partial charge in [-0.15, -0.1) is 0 Å². The van der Waals surface area contributed by atoms with Crippen molar-refractivity contribution in [2.24, 2.45) is 0 Å². The summed E-state index contributed by atoms with van der Waals surface area (Å²) in [6.07, 6.45) is 0. The third-order valence-electron chi connectivity index (χ3n) is 2.86. The Morgan fingerprint density at radius 1 is 1.22 bits per heavy atom. The highest BCUT2D eigenvalue weighted by Crippen LogP contribution is 2.24. The van der Waals surface area contributed by atoms with E-state index in [0.717, 1.165) is 0 Å². The molecule has 0 spiro atoms. The zero-order valence-electron chi connectivity index (χ0n) is 10.8. The van der Waals surface area contributed by atoms with Gasteiger partial charge >= 0.3 is 0 Å². The summed E-state index contributed by atoms with van der Waals surface area (Å²) < 4.78 is 14.5. The van der Waals surface area contributed by atoms with Crippen LogP contribution in [0.4, 0.5) is 0 Å². The summed E-state index contributed by atoms with van der Waals surface area (Å²) in [4.78, 5) is 10.4. The van der Waals surface area contributed by atoms with Gasteiger partial charge in [0, 0.05) is 0 Å². The summed E-state index contributed by atoms with van der Waals surface area (Å²) in [7, 11) is 0. The number of carbonyl (C=O) groups is 1. The lowest BCUT2D eigenvalue weighted by atomic mass is 9.98. The molecular weight excluding hydrogens is 240 g/mol. The van der Waals surface area contributed by atoms with E-state index < -0.39 is 11.2 Å². The molecule has 0 aromatic heterocycles. The molecule has 104 valence electrons. The van der Waals surface area contributed by atoms with Crippen molar-refractivity contribution < 1.29 is 29.2 Å². The van der Waals surface area contributed by atoms with Gasteiger partial charge in [-0.1, -0.05) is 6.58 Å². The molecule has 2 heterocycles. The molecule has 0 radical (unpaired) electrons. The fraction of sp³-hybridized carbons (Fsp3) is 0.750. The van der Waals surface area contributed by atoms with Crippen LogP contribution in [0.5, 0.6) is 0 Å². The summed E-state index contributed by atoms with van der Waals surface area (Å²) in [5.41, 5.74) is -2.05. The lowest BCUT2D eigenvalue weighted by molar-refractivity contribution is -0.186. The number of Topliss-reactive ketones (excluding diaryl/α,β-unsaturated/α-hetero) is 1. The van der Waals surface area contributed by atoms with Crippen LogP contribution in [-0.4, -0.2) is 60.2 Å². The van der Waals surface area contributed by atoms with Crippen molar-refractivity contribution in [3.05, 3.63) is 12.3 Å². The van der Waals surface area contributed by atoms with Crippen molar-refractivity contribution >= 4 is 5.78 Å². The molecule has 0 saturated carbocycles. The predicted molar refractivity (Wildman–Crippen MR) is 63.0 cm³/mol. The molecule has 2 aliphatic heterocycles. The van der Waals surface area contributed by atoms with Crippen molar-refractivity contribution in [1.29, 1.82) is 0 Å². The maximum absolute atomic E-state index is 10.4. The summed E-state index contributed by atoms with van der Waals surface area (Å²) in [6.45, 7) is 8.31. The Labute approximate surface area is 106 Å². The Kier molecular flexibility index (Phi) is 4.86. The Balaban J connectivity index is 0.000000184. The molecule has 0 aromatic carbocycles. The Hall–Kier alpha value is -0.950. The van der Waals surface area contributed by atoms with E-state index in [-0.39, 0.29) is 19.0 Å². The summed E-state index contributed by atoms with van der Waals surface area (Å²) >= 11 is 0. The number of aliphatic hydroxyl groups is 2. The maximum Gasteiger partial charge on any atom is 0.169 e. The minimum atomic E-state index is -1.14. The normalized spacial score (nSPS) is 22.7. The minimum absolute atomic E-state index is 0.169. The van der Waals surface area contributed by atoms with Crippen molar-refractivity contribution in [1.82, 2.24) is 0 Å². The molecule has 2 aliphatic rings. The van der Waals surface area contributed by atoms with Crippen LogP contribution in [0.15, 0.2) is 12.3 Å². The lowest BCUT2D eigenvalue weighted by Gasteiger charge is -2.36. The average Bonchev–Trinajstić information content (AvgIpc) is 2.23. The first-order chi connectivity index (χ1) is 8.34. The predicted octanol–water partition coefficient (Wildman–Crippen LogP) is -0.365. The minimum Gasteiger partial charge on any atom is -0.496 e. The number of ketones is 1. The Morgan fingerprint density at radius 2 is 1.67 bits per heavy atom. The fourth-order valence-electron chi connectivity index (χ4n) is 1.26. The summed E-state index contributed by atoms with van der Waals surface area (Å²) in [5, 5.41) is 18.5. The largest absolute Gasteiger partial charge is 0.496 e. The monoisotopic (exact) mass is 260 g/mol. The average molecular weight is 260 g/mol. The van der Waals surface area contributed by atoms with Crippen LogP contribution in [0.1, 0.15) is 13.8 Å². The van der Waals surface area contributed by atoms with Crippen LogP contribution in [0.3, 0.4) is 0 Å². The zero-order valence-corrected chi connectivity index (χ0v) is 10.8. The van der Waals surface area contributed by atoms with Gasteiger partial charge in [0.25, 0.3) is 0 Å². The molecule has 2 saturated heterocycles. The highest BCUT2D eigenvalue weighted by molar-refractivity contribution is 5.85. The van der Waals surface area contributed by atoms with Crippen molar-refractivity contribution in [3.63, 3.8) is 0 Å². The molecule has 6 heteroatoms. The van der Waals surface area contributed by atoms with Gasteiger partial charge in [-0.05, 0) is 13.8 Å². The highest BCUT2D eigenvalue weighted by Gasteiger charge is 2.41. The molecule has 6 nitrogen and oxygen atoms in total. The third-order valence-corrected chi connectivity index (χ3v) is 2.86. The van der Waals surface area contributed by atoms with E-state index in [1.165, 1.54) is 6.92 Å². The highest BCUT2D eigenvalue weighted by atomic mass is 16.6. The molecule has 0 unspecified atom stereocenters. The number of ether oxygens (including phenoxy) is 3. The van der Waals surface area contributed by atoms with Gasteiger partial charge in [0.2, 0.25) is 0 Å². The van der Waals surface area contributed by atoms with E-state index in [4.69, 9.17) is 14.6 Å². The van der Waals surface area contributed by atoms with Gasteiger partial charge in [-0.2, -0.15) is 0 Å². The van der Waals surface area contributed by atoms with E-state index >= 15 is 0 Å². The molecule has 18 heavy (non-hydrogen) atoms. The maximum atomic E-state index is 10.4. The van der Waals surface area contributed by atoms with Crippen LogP contribution < -0.4 is 0 Å². The number of rotatable bonds is 4. The summed E-state index contributed by atoms with van der Waals surface area (Å²) in [6, 6.07) is 0. The van der Waals surface area contributed by atoms with Crippen LogP contribution in [0.2, 0.25) is 0 Å². The topological polar surface area (TPSA) is 85.2 Å². The van der Waals surface area contributed by atoms with Gasteiger partial charge in [0.1, 0.15) is 5.76 Å². The molecule has 0 aliphatic carbocycles. The van der Waals surface area contributed by atoms with Crippen LogP contribution in [-0.2, 0) is 19.0 Å². The molecule has 0 atom stereocenters. The second kappa shape index (κ2) is 5.79. The second-order valence-corrected chi connectivity index (χ2v) is 4.46. The SMILES string of the molecule is C=C(OCC)C1(O)COC1.CC(=O)C1(O)COC1. The van der Waals surface area contributed by atoms with E-state index in [2.05, 4.69) is 11.3 Å². The molecule has 2 fully saturated rings. The van der Waals surface area contributed by atoms with E-state index in [0.29, 0.717) is 25.6 Å². The second-order valence-electron chi connectivity index (χ2n) is 4.46. The van der Waals surface area contributed by atoms with Gasteiger partial charge in [-0.3, -0.25) is 4.79 Å².